The highest BCUT2D eigenvalue weighted by Gasteiger charge is 2.54. The molecule has 4 aliphatic carbocycles. The molecule has 87 heavy (non-hydrogen) atoms. The third-order valence-electron chi connectivity index (χ3n) is 17.3. The zero-order valence-electron chi connectivity index (χ0n) is 50.6. The molecule has 3 heterocycles. The molecule has 0 aromatic heterocycles. The zero-order valence-corrected chi connectivity index (χ0v) is 52.2. The van der Waals surface area contributed by atoms with Crippen LogP contribution in [-0.4, -0.2) is 92.7 Å². The van der Waals surface area contributed by atoms with Crippen molar-refractivity contribution in [3.05, 3.63) is 142 Å². The summed E-state index contributed by atoms with van der Waals surface area (Å²) in [4.78, 5) is 54.6. The predicted octanol–water partition coefficient (Wildman–Crippen LogP) is 15.1. The average molecular weight is 1270 g/mol. The maximum absolute atomic E-state index is 12.0. The maximum Gasteiger partial charge on any atom is 0.491 e. The quantitative estimate of drug-likeness (QED) is 0.0439. The number of hydrogen-bond acceptors (Lipinski definition) is 16. The van der Waals surface area contributed by atoms with Gasteiger partial charge < -0.3 is 37.7 Å². The number of hydrogen-bond donors (Lipinski definition) is 0. The van der Waals surface area contributed by atoms with Crippen molar-refractivity contribution in [2.75, 3.05) is 39.6 Å². The fraction of sp³-hybridized carbons (Fsp3) is 0.552. The monoisotopic (exact) mass is 1260 g/mol. The summed E-state index contributed by atoms with van der Waals surface area (Å²) in [5, 5.41) is 22.9. The molecular weight excluding hydrogens is 1180 g/mol. The Bertz CT molecular complexity index is 3040. The molecule has 0 amide bonds. The Kier molecular flexibility index (Phi) is 27.3. The molecule has 18 nitrogen and oxygen atoms in total. The van der Waals surface area contributed by atoms with Crippen LogP contribution in [0.3, 0.4) is 0 Å². The Morgan fingerprint density at radius 2 is 1.00 bits per heavy atom. The second-order valence-corrected chi connectivity index (χ2v) is 24.6. The molecule has 11 rings (SSSR count). The van der Waals surface area contributed by atoms with E-state index in [9.17, 15) is 20.2 Å². The van der Waals surface area contributed by atoms with Crippen LogP contribution in [0.15, 0.2) is 82.7 Å². The van der Waals surface area contributed by atoms with Gasteiger partial charge in [-0.1, -0.05) is 112 Å². The Balaban J connectivity index is 0.000000205. The Morgan fingerprint density at radius 1 is 0.563 bits per heavy atom. The summed E-state index contributed by atoms with van der Waals surface area (Å²) in [7, 11) is -0.199. The first-order valence-corrected chi connectivity index (χ1v) is 31.1. The van der Waals surface area contributed by atoms with E-state index in [0.29, 0.717) is 35.3 Å². The lowest BCUT2D eigenvalue weighted by molar-refractivity contribution is -0.386. The van der Waals surface area contributed by atoms with Crippen molar-refractivity contribution < 1.29 is 66.8 Å². The minimum Gasteiger partial charge on any atom is -0.484 e. The summed E-state index contributed by atoms with van der Waals surface area (Å²) in [6.07, 6.45) is 20.8. The number of nitro benzene ring substituents is 2. The van der Waals surface area contributed by atoms with E-state index >= 15 is 0 Å². The van der Waals surface area contributed by atoms with Crippen molar-refractivity contribution in [3.8, 4) is 11.5 Å². The number of halogens is 1. The lowest BCUT2D eigenvalue weighted by atomic mass is 9.70. The smallest absolute Gasteiger partial charge is 0.484 e. The minimum atomic E-state index is -0.467. The van der Waals surface area contributed by atoms with Gasteiger partial charge in [0.05, 0.1) is 38.7 Å². The lowest BCUT2D eigenvalue weighted by Gasteiger charge is -2.32. The van der Waals surface area contributed by atoms with E-state index in [1.165, 1.54) is 126 Å². The van der Waals surface area contributed by atoms with Gasteiger partial charge in [0.15, 0.2) is 12.6 Å². The Morgan fingerprint density at radius 3 is 1.48 bits per heavy atom. The van der Waals surface area contributed by atoms with Crippen LogP contribution < -0.4 is 9.47 Å². The van der Waals surface area contributed by atoms with Crippen LogP contribution in [0.1, 0.15) is 177 Å². The summed E-state index contributed by atoms with van der Waals surface area (Å²) in [6, 6.07) is 23.7. The van der Waals surface area contributed by atoms with Gasteiger partial charge in [-0.05, 0) is 197 Å². The average Bonchev–Trinajstić information content (AvgIpc) is 2.60. The number of allylic oxidation sites excluding steroid dienone is 4. The van der Waals surface area contributed by atoms with E-state index in [2.05, 4.69) is 93.9 Å². The molecule has 2 saturated carbocycles. The van der Waals surface area contributed by atoms with Gasteiger partial charge in [-0.15, -0.1) is 0 Å². The van der Waals surface area contributed by atoms with Crippen molar-refractivity contribution in [2.24, 2.45) is 11.8 Å². The number of fused-ring (bicyclic) bond motifs is 2. The van der Waals surface area contributed by atoms with Gasteiger partial charge in [0.25, 0.3) is 0 Å². The number of carbonyl (C=O) groups excluding carboxylic acids is 4. The SMILES string of the molecule is C.Cc1ccc2c(c1)CC(B1OC(C)(C)C(C)(C)O1)=C2C1CCCCC1.Cc1ccc2c(c1)CC(c1cccc([N+](=O)[O-])c1OCCOC1CCCCO1)=C2C1CCCCC1.O=C=O.O=C=O.O=[N+]([O-])c1cccc(Br)c1OCCOC1CCCCO1. The molecule has 2 atom stereocenters. The van der Waals surface area contributed by atoms with Crippen molar-refractivity contribution >= 4 is 63.4 Å². The van der Waals surface area contributed by atoms with E-state index < -0.39 is 4.92 Å². The molecule has 0 radical (unpaired) electrons. The molecule has 5 fully saturated rings. The van der Waals surface area contributed by atoms with Crippen LogP contribution in [0.4, 0.5) is 11.4 Å². The highest BCUT2D eigenvalue weighted by Crippen LogP contribution is 2.51. The number of rotatable bonds is 16. The highest BCUT2D eigenvalue weighted by molar-refractivity contribution is 9.10. The first-order chi connectivity index (χ1) is 41.4. The molecule has 0 spiro atoms. The molecule has 0 N–H and O–H groups in total. The Labute approximate surface area is 521 Å². The molecule has 470 valence electrons. The van der Waals surface area contributed by atoms with E-state index in [4.69, 9.17) is 56.9 Å². The molecule has 2 unspecified atom stereocenters. The number of para-hydroxylation sites is 2. The fourth-order valence-corrected chi connectivity index (χ4v) is 13.0. The van der Waals surface area contributed by atoms with Crippen LogP contribution in [0.2, 0.25) is 0 Å². The van der Waals surface area contributed by atoms with Crippen LogP contribution in [0.25, 0.3) is 16.7 Å². The van der Waals surface area contributed by atoms with Crippen LogP contribution in [0, 0.1) is 45.9 Å². The van der Waals surface area contributed by atoms with Crippen LogP contribution in [0.5, 0.6) is 11.5 Å². The molecule has 4 aromatic carbocycles. The third-order valence-corrected chi connectivity index (χ3v) is 17.9. The topological polar surface area (TPSA) is 228 Å². The van der Waals surface area contributed by atoms with Gasteiger partial charge in [-0.2, -0.15) is 19.2 Å². The largest absolute Gasteiger partial charge is 0.491 e. The predicted molar refractivity (Wildman–Crippen MR) is 333 cm³/mol. The van der Waals surface area contributed by atoms with Crippen LogP contribution in [-0.2, 0) is 60.3 Å². The summed E-state index contributed by atoms with van der Waals surface area (Å²) in [5.41, 5.74) is 13.9. The van der Waals surface area contributed by atoms with Gasteiger partial charge >= 0.3 is 30.8 Å². The molecular formula is C67H86BBrN2O16. The maximum atomic E-state index is 12.0. The number of aryl methyl sites for hydroxylation is 2. The van der Waals surface area contributed by atoms with Crippen molar-refractivity contribution in [3.63, 3.8) is 0 Å². The normalized spacial score (nSPS) is 20.1. The van der Waals surface area contributed by atoms with Gasteiger partial charge in [-0.25, -0.2) is 0 Å². The van der Waals surface area contributed by atoms with Crippen molar-refractivity contribution in [1.82, 2.24) is 0 Å². The van der Waals surface area contributed by atoms with Crippen molar-refractivity contribution in [2.45, 2.75) is 188 Å². The summed E-state index contributed by atoms with van der Waals surface area (Å²) < 4.78 is 47.4. The molecule has 3 aliphatic heterocycles. The molecule has 3 saturated heterocycles. The molecule has 20 heteroatoms. The number of ether oxygens (including phenoxy) is 6. The summed E-state index contributed by atoms with van der Waals surface area (Å²) in [6.45, 7) is 15.5. The third kappa shape index (κ3) is 18.7. The van der Waals surface area contributed by atoms with Crippen molar-refractivity contribution in [1.29, 1.82) is 0 Å². The fourth-order valence-electron chi connectivity index (χ4n) is 12.5. The number of benzene rings is 4. The first kappa shape index (κ1) is 69.9. The van der Waals surface area contributed by atoms with E-state index in [0.717, 1.165) is 70.1 Å². The number of nitro groups is 2. The summed E-state index contributed by atoms with van der Waals surface area (Å²) >= 11 is 3.25. The van der Waals surface area contributed by atoms with E-state index in [1.54, 1.807) is 23.8 Å². The molecule has 4 aromatic rings. The standard InChI is InChI=1S/C29H35NO5.C22H31BO2.C13H16BrNO5.2CO2.CH4/c1-20-13-14-23-22(18-20)19-25(28(23)21-8-3-2-4-9-21)24-10-7-11-26(30(31)32)29(24)35-17-16-34-27-12-5-6-15-33-27;1-15-11-12-18-17(13-15)14-19(20(18)16-9-7-6-8-10-16)23-24-21(2,3)22(4,5)25-23;14-10-4-3-5-11(15(16)17)13(10)20-9-8-19-12-6-1-2-7-18-12;2*2-1-3;/h7,10-11,13-14,18,21,27H,2-6,8-9,12,15-17,19H2,1H3;11-13,16H,6-10,14H2,1-5H3;3-5,12H,1-2,6-9H2;;;1H4. The Hall–Kier alpha value is -6.18. The second-order valence-electron chi connectivity index (χ2n) is 23.7. The van der Waals surface area contributed by atoms with Gasteiger partial charge in [-0.3, -0.25) is 20.2 Å². The van der Waals surface area contributed by atoms with Gasteiger partial charge in [0.1, 0.15) is 13.2 Å². The number of nitrogens with zero attached hydrogens (tertiary/aromatic N) is 2. The van der Waals surface area contributed by atoms with Gasteiger partial charge in [0.2, 0.25) is 11.5 Å². The van der Waals surface area contributed by atoms with Gasteiger partial charge in [0, 0.05) is 30.9 Å². The zero-order chi connectivity index (χ0) is 61.8. The second kappa shape index (κ2) is 34.0. The van der Waals surface area contributed by atoms with E-state index in [-0.39, 0.29) is 85.9 Å². The lowest BCUT2D eigenvalue weighted by Crippen LogP contribution is -2.41. The first-order valence-electron chi connectivity index (χ1n) is 30.3. The van der Waals surface area contributed by atoms with E-state index in [1.807, 2.05) is 6.07 Å². The molecule has 0 bridgehead atoms. The summed E-state index contributed by atoms with van der Waals surface area (Å²) in [5.74, 6) is 1.75. The highest BCUT2D eigenvalue weighted by atomic mass is 79.9. The minimum absolute atomic E-state index is 0. The van der Waals surface area contributed by atoms with Crippen LogP contribution >= 0.6 is 15.9 Å². The molecule has 7 aliphatic rings.